The highest BCUT2D eigenvalue weighted by Crippen LogP contribution is 2.47. The van der Waals surface area contributed by atoms with Crippen LogP contribution in [0.15, 0.2) is 72.9 Å². The average Bonchev–Trinajstić information content (AvgIpc) is 3.31. The summed E-state index contributed by atoms with van der Waals surface area (Å²) in [6, 6.07) is 0. The van der Waals surface area contributed by atoms with Crippen molar-refractivity contribution in [2.75, 3.05) is 13.2 Å². The smallest absolute Gasteiger partial charge is 0.462 e. The largest absolute Gasteiger partial charge is 0.472 e. The summed E-state index contributed by atoms with van der Waals surface area (Å²) in [6.07, 6.45) is 41.1. The SMILES string of the molecule is CC/C=C/C/C=C/C/C=C/C/C=C/C/C=C/C/C=C/CCC(=O)O[C@@H](COC(=O)CCCCCCCCCCCCCCCCCCCCC)COP(=O)(O)OC1C(O)C(O)C(O)[C@H](O)C1O. The molecular weight excluding hydrogens is 876 g/mol. The predicted molar refractivity (Wildman–Crippen MR) is 267 cm³/mol. The van der Waals surface area contributed by atoms with Crippen molar-refractivity contribution in [1.82, 2.24) is 0 Å². The first-order valence-corrected chi connectivity index (χ1v) is 27.2. The zero-order chi connectivity index (χ0) is 49.2. The Morgan fingerprint density at radius 2 is 0.851 bits per heavy atom. The second-order valence-corrected chi connectivity index (χ2v) is 19.1. The van der Waals surface area contributed by atoms with Crippen molar-refractivity contribution in [3.63, 3.8) is 0 Å². The van der Waals surface area contributed by atoms with Crippen molar-refractivity contribution in [2.45, 2.75) is 236 Å². The van der Waals surface area contributed by atoms with Gasteiger partial charge in [0.05, 0.1) is 6.61 Å². The minimum Gasteiger partial charge on any atom is -0.462 e. The lowest BCUT2D eigenvalue weighted by atomic mass is 9.85. The first-order chi connectivity index (χ1) is 32.4. The number of esters is 2. The van der Waals surface area contributed by atoms with Crippen LogP contribution in [0.25, 0.3) is 0 Å². The van der Waals surface area contributed by atoms with Gasteiger partial charge in [0.1, 0.15) is 43.2 Å². The monoisotopic (exact) mass is 967 g/mol. The minimum absolute atomic E-state index is 0.0299. The molecule has 1 rings (SSSR count). The number of allylic oxidation sites excluding steroid dienone is 12. The number of carbonyl (C=O) groups excluding carboxylic acids is 2. The standard InChI is InChI=1S/C53H91O13P/c1-3-5-7-9-11-13-15-17-19-21-23-25-27-29-31-33-35-37-39-41-46(54)63-43-45(44-64-67(61,62)66-53-51(59)49(57)48(56)50(58)52(53)60)65-47(55)42-40-38-36-34-32-30-28-26-24-22-20-18-16-14-12-10-8-6-4-2/h6,8,12,14,18,20,24,26,30,32,36,38,45,48-53,56-60H,3-5,7,9-11,13,15-17,19,21-23,25,27-29,31,33-35,37,39-44H2,1-2H3,(H,61,62)/b8-6+,14-12+,20-18+,26-24+,32-30+,38-36+/t45-,48?,49-,50?,51?,52?,53?/m0/s1. The van der Waals surface area contributed by atoms with Crippen LogP contribution in [0.5, 0.6) is 0 Å². The summed E-state index contributed by atoms with van der Waals surface area (Å²) in [7, 11) is -5.15. The maximum Gasteiger partial charge on any atom is 0.472 e. The lowest BCUT2D eigenvalue weighted by Gasteiger charge is -2.41. The molecule has 0 aromatic rings. The Labute approximate surface area is 404 Å². The molecule has 0 bridgehead atoms. The Kier molecular flexibility index (Phi) is 39.2. The second-order valence-electron chi connectivity index (χ2n) is 17.7. The Bertz CT molecular complexity index is 1440. The van der Waals surface area contributed by atoms with Gasteiger partial charge in [-0.2, -0.15) is 0 Å². The van der Waals surface area contributed by atoms with E-state index in [1.54, 1.807) is 0 Å². The van der Waals surface area contributed by atoms with Gasteiger partial charge in [0.2, 0.25) is 0 Å². The van der Waals surface area contributed by atoms with E-state index in [1.165, 1.54) is 96.3 Å². The van der Waals surface area contributed by atoms with E-state index in [2.05, 4.69) is 68.5 Å². The molecule has 386 valence electrons. The molecule has 1 saturated carbocycles. The van der Waals surface area contributed by atoms with Crippen molar-refractivity contribution >= 4 is 19.8 Å². The van der Waals surface area contributed by atoms with Crippen LogP contribution in [-0.4, -0.2) is 98.3 Å². The third-order valence-corrected chi connectivity index (χ3v) is 12.6. The molecule has 13 nitrogen and oxygen atoms in total. The van der Waals surface area contributed by atoms with Crippen molar-refractivity contribution in [1.29, 1.82) is 0 Å². The highest BCUT2D eigenvalue weighted by molar-refractivity contribution is 7.47. The van der Waals surface area contributed by atoms with Crippen LogP contribution in [0.2, 0.25) is 0 Å². The summed E-state index contributed by atoms with van der Waals surface area (Å²) < 4.78 is 33.5. The van der Waals surface area contributed by atoms with E-state index in [-0.39, 0.29) is 12.8 Å². The zero-order valence-electron chi connectivity index (χ0n) is 41.2. The fourth-order valence-corrected chi connectivity index (χ4v) is 8.46. The number of aliphatic hydroxyl groups is 5. The number of ether oxygens (including phenoxy) is 2. The molecule has 0 aromatic heterocycles. The number of hydrogen-bond acceptors (Lipinski definition) is 12. The molecule has 0 heterocycles. The molecular formula is C53H91O13P. The van der Waals surface area contributed by atoms with Crippen molar-refractivity contribution < 1.29 is 63.1 Å². The third kappa shape index (κ3) is 34.3. The molecule has 0 saturated heterocycles. The number of phosphoric ester groups is 1. The number of phosphoric acid groups is 1. The molecule has 0 aromatic carbocycles. The molecule has 6 N–H and O–H groups in total. The van der Waals surface area contributed by atoms with E-state index < -0.39 is 75.7 Å². The van der Waals surface area contributed by atoms with Gasteiger partial charge in [-0.25, -0.2) is 4.57 Å². The molecule has 0 amide bonds. The van der Waals surface area contributed by atoms with E-state index in [0.717, 1.165) is 51.4 Å². The Balaban J connectivity index is 2.45. The fraction of sp³-hybridized carbons (Fsp3) is 0.736. The Morgan fingerprint density at radius 1 is 0.478 bits per heavy atom. The Hall–Kier alpha value is -2.71. The molecule has 1 aliphatic rings. The van der Waals surface area contributed by atoms with Gasteiger partial charge in [-0.1, -0.05) is 202 Å². The van der Waals surface area contributed by atoms with Crippen LogP contribution in [0.3, 0.4) is 0 Å². The topological polar surface area (TPSA) is 210 Å². The first-order valence-electron chi connectivity index (χ1n) is 25.7. The summed E-state index contributed by atoms with van der Waals surface area (Å²) in [5.41, 5.74) is 0. The maximum atomic E-state index is 12.8. The highest BCUT2D eigenvalue weighted by Gasteiger charge is 2.51. The summed E-state index contributed by atoms with van der Waals surface area (Å²) >= 11 is 0. The molecule has 14 heteroatoms. The van der Waals surface area contributed by atoms with Crippen LogP contribution in [-0.2, 0) is 32.7 Å². The summed E-state index contributed by atoms with van der Waals surface area (Å²) in [4.78, 5) is 35.8. The number of rotatable bonds is 42. The normalized spacial score (nSPS) is 21.7. The van der Waals surface area contributed by atoms with Crippen LogP contribution in [0, 0.1) is 0 Å². The highest BCUT2D eigenvalue weighted by atomic mass is 31.2. The fourth-order valence-electron chi connectivity index (χ4n) is 7.49. The number of aliphatic hydroxyl groups excluding tert-OH is 5. The molecule has 0 spiro atoms. The van der Waals surface area contributed by atoms with Crippen molar-refractivity contribution in [2.24, 2.45) is 0 Å². The maximum absolute atomic E-state index is 12.8. The molecule has 8 atom stereocenters. The van der Waals surface area contributed by atoms with Crippen LogP contribution in [0.4, 0.5) is 0 Å². The molecule has 6 unspecified atom stereocenters. The van der Waals surface area contributed by atoms with Crippen LogP contribution < -0.4 is 0 Å². The van der Waals surface area contributed by atoms with Gasteiger partial charge in [0.15, 0.2) is 6.10 Å². The summed E-state index contributed by atoms with van der Waals surface area (Å²) in [6.45, 7) is 3.15. The molecule has 67 heavy (non-hydrogen) atoms. The van der Waals surface area contributed by atoms with Gasteiger partial charge in [0, 0.05) is 12.8 Å². The summed E-state index contributed by atoms with van der Waals surface area (Å²) in [5.74, 6) is -1.19. The van der Waals surface area contributed by atoms with Gasteiger partial charge in [-0.3, -0.25) is 18.6 Å². The third-order valence-electron chi connectivity index (χ3n) is 11.6. The molecule has 1 fully saturated rings. The lowest BCUT2D eigenvalue weighted by Crippen LogP contribution is -2.64. The Morgan fingerprint density at radius 3 is 1.27 bits per heavy atom. The molecule has 0 radical (unpaired) electrons. The van der Waals surface area contributed by atoms with E-state index in [1.807, 2.05) is 18.2 Å². The molecule has 1 aliphatic carbocycles. The zero-order valence-corrected chi connectivity index (χ0v) is 42.1. The van der Waals surface area contributed by atoms with Gasteiger partial charge in [0.25, 0.3) is 0 Å². The predicted octanol–water partition coefficient (Wildman–Crippen LogP) is 11.1. The van der Waals surface area contributed by atoms with Crippen molar-refractivity contribution in [3.05, 3.63) is 72.9 Å². The van der Waals surface area contributed by atoms with E-state index in [4.69, 9.17) is 18.5 Å². The van der Waals surface area contributed by atoms with E-state index in [9.17, 15) is 44.6 Å². The lowest BCUT2D eigenvalue weighted by molar-refractivity contribution is -0.220. The van der Waals surface area contributed by atoms with E-state index in [0.29, 0.717) is 19.3 Å². The number of hydrogen-bond donors (Lipinski definition) is 6. The van der Waals surface area contributed by atoms with Gasteiger partial charge < -0.3 is 39.9 Å². The van der Waals surface area contributed by atoms with E-state index >= 15 is 0 Å². The van der Waals surface area contributed by atoms with Gasteiger partial charge in [-0.05, 0) is 51.4 Å². The quantitative estimate of drug-likeness (QED) is 0.0146. The van der Waals surface area contributed by atoms with Crippen LogP contribution in [0.1, 0.15) is 194 Å². The average molecular weight is 967 g/mol. The molecule has 0 aliphatic heterocycles. The van der Waals surface area contributed by atoms with Crippen LogP contribution >= 0.6 is 7.82 Å². The second kappa shape index (κ2) is 42.2. The number of unbranched alkanes of at least 4 members (excludes halogenated alkanes) is 18. The van der Waals surface area contributed by atoms with Gasteiger partial charge >= 0.3 is 19.8 Å². The van der Waals surface area contributed by atoms with Crippen molar-refractivity contribution in [3.8, 4) is 0 Å². The van der Waals surface area contributed by atoms with Gasteiger partial charge in [-0.15, -0.1) is 0 Å². The first kappa shape index (κ1) is 62.3. The minimum atomic E-state index is -5.15. The summed E-state index contributed by atoms with van der Waals surface area (Å²) in [5, 5.41) is 50.3. The number of carbonyl (C=O) groups is 2.